The van der Waals surface area contributed by atoms with Crippen molar-refractivity contribution >= 4 is 44.0 Å². The van der Waals surface area contributed by atoms with E-state index in [0.29, 0.717) is 31.1 Å². The molecule has 0 spiro atoms. The van der Waals surface area contributed by atoms with Crippen molar-refractivity contribution in [3.63, 3.8) is 0 Å². The molecule has 2 saturated heterocycles. The number of hydrogen-bond donors (Lipinski definition) is 2. The fourth-order valence-corrected chi connectivity index (χ4v) is 6.77. The van der Waals surface area contributed by atoms with Gasteiger partial charge in [0.25, 0.3) is 6.43 Å². The Morgan fingerprint density at radius 2 is 1.78 bits per heavy atom. The van der Waals surface area contributed by atoms with Crippen LogP contribution >= 0.6 is 0 Å². The number of benzene rings is 1. The number of anilines is 4. The van der Waals surface area contributed by atoms with Crippen LogP contribution in [0.3, 0.4) is 0 Å². The number of ether oxygens (including phenoxy) is 2. The highest BCUT2D eigenvalue weighted by molar-refractivity contribution is 7.90. The molecule has 2 atom stereocenters. The predicted molar refractivity (Wildman–Crippen MR) is 171 cm³/mol. The zero-order chi connectivity index (χ0) is 32.8. The van der Waals surface area contributed by atoms with E-state index < -0.39 is 28.3 Å². The number of alkyl halides is 2. The number of aryl methyl sites for hydroxylation is 2. The van der Waals surface area contributed by atoms with Crippen LogP contribution < -0.4 is 10.6 Å². The Morgan fingerprint density at radius 1 is 0.978 bits per heavy atom. The molecule has 46 heavy (non-hydrogen) atoms. The van der Waals surface area contributed by atoms with Crippen LogP contribution in [0.5, 0.6) is 0 Å². The van der Waals surface area contributed by atoms with Crippen molar-refractivity contribution in [3.8, 4) is 0 Å². The SMILES string of the molecule is Cc1ncc(Nc2cc(Nc3ccc(C4CCC(C)(C)CO4)cc3S(C)(=O)=O)c3nc(C(F)F)n(C4CCCCO4)c3n2)nc1C. The van der Waals surface area contributed by atoms with Crippen LogP contribution in [0.15, 0.2) is 35.4 Å². The van der Waals surface area contributed by atoms with Gasteiger partial charge >= 0.3 is 0 Å². The molecule has 4 aromatic rings. The third kappa shape index (κ3) is 6.69. The molecule has 2 unspecified atom stereocenters. The summed E-state index contributed by atoms with van der Waals surface area (Å²) in [5.74, 6) is 0.213. The van der Waals surface area contributed by atoms with Gasteiger partial charge in [-0.25, -0.2) is 32.2 Å². The minimum atomic E-state index is -3.73. The zero-order valence-corrected chi connectivity index (χ0v) is 27.4. The van der Waals surface area contributed by atoms with Crippen LogP contribution in [0, 0.1) is 19.3 Å². The molecule has 0 bridgehead atoms. The summed E-state index contributed by atoms with van der Waals surface area (Å²) in [4.78, 5) is 18.0. The fourth-order valence-electron chi connectivity index (χ4n) is 5.90. The highest BCUT2D eigenvalue weighted by Crippen LogP contribution is 2.40. The Kier molecular flexibility index (Phi) is 8.72. The third-order valence-electron chi connectivity index (χ3n) is 8.57. The van der Waals surface area contributed by atoms with Crippen molar-refractivity contribution in [2.75, 3.05) is 30.1 Å². The van der Waals surface area contributed by atoms with Crippen LogP contribution in [-0.4, -0.2) is 52.4 Å². The Balaban J connectivity index is 1.47. The lowest BCUT2D eigenvalue weighted by atomic mass is 9.84. The summed E-state index contributed by atoms with van der Waals surface area (Å²) < 4.78 is 68.6. The topological polar surface area (TPSA) is 133 Å². The molecule has 2 aliphatic heterocycles. The predicted octanol–water partition coefficient (Wildman–Crippen LogP) is 7.24. The first-order valence-electron chi connectivity index (χ1n) is 15.4. The molecule has 0 saturated carbocycles. The van der Waals surface area contributed by atoms with Crippen molar-refractivity contribution in [1.29, 1.82) is 0 Å². The number of aromatic nitrogens is 5. The second kappa shape index (κ2) is 12.5. The molecule has 0 amide bonds. The maximum Gasteiger partial charge on any atom is 0.295 e. The minimum Gasteiger partial charge on any atom is -0.373 e. The summed E-state index contributed by atoms with van der Waals surface area (Å²) in [7, 11) is -3.73. The Labute approximate surface area is 267 Å². The molecule has 14 heteroatoms. The van der Waals surface area contributed by atoms with Gasteiger partial charge in [-0.2, -0.15) is 0 Å². The summed E-state index contributed by atoms with van der Waals surface area (Å²) in [6, 6.07) is 6.74. The summed E-state index contributed by atoms with van der Waals surface area (Å²) in [5.41, 5.74) is 3.18. The second-order valence-corrected chi connectivity index (χ2v) is 14.9. The van der Waals surface area contributed by atoms with Crippen LogP contribution in [0.1, 0.15) is 87.5 Å². The van der Waals surface area contributed by atoms with Gasteiger partial charge in [0, 0.05) is 18.9 Å². The molecule has 2 N–H and O–H groups in total. The van der Waals surface area contributed by atoms with E-state index in [9.17, 15) is 17.2 Å². The standard InChI is InChI=1S/C32H39F2N7O4S/c1-18-19(2)36-26(16-35-18)38-25-15-22(28-30(39-25)41(31(40-28)29(33)34)27-8-6-7-13-44-27)37-21-10-9-20(14-24(21)46(5,42)43)23-11-12-32(3,4)17-45-23/h9-10,14-16,23,27,29H,6-8,11-13,17H2,1-5H3,(H2,36,37,38,39). The molecule has 246 valence electrons. The molecule has 1 aromatic carbocycles. The number of halogens is 2. The molecule has 2 fully saturated rings. The highest BCUT2D eigenvalue weighted by atomic mass is 32.2. The number of hydrogen-bond acceptors (Lipinski definition) is 10. The van der Waals surface area contributed by atoms with Gasteiger partial charge < -0.3 is 20.1 Å². The summed E-state index contributed by atoms with van der Waals surface area (Å²) in [5, 5.41) is 6.33. The van der Waals surface area contributed by atoms with E-state index in [-0.39, 0.29) is 44.8 Å². The van der Waals surface area contributed by atoms with E-state index >= 15 is 0 Å². The van der Waals surface area contributed by atoms with Gasteiger partial charge in [-0.3, -0.25) is 9.55 Å². The average Bonchev–Trinajstić information content (AvgIpc) is 3.39. The Morgan fingerprint density at radius 3 is 2.43 bits per heavy atom. The van der Waals surface area contributed by atoms with Crippen molar-refractivity contribution < 1.29 is 26.7 Å². The number of nitrogens with one attached hydrogen (secondary N) is 2. The maximum absolute atomic E-state index is 14.5. The van der Waals surface area contributed by atoms with E-state index in [1.807, 2.05) is 19.9 Å². The lowest BCUT2D eigenvalue weighted by Gasteiger charge is -2.34. The molecule has 0 aliphatic carbocycles. The van der Waals surface area contributed by atoms with Gasteiger partial charge in [0.1, 0.15) is 23.4 Å². The van der Waals surface area contributed by atoms with Crippen molar-refractivity contribution in [1.82, 2.24) is 24.5 Å². The van der Waals surface area contributed by atoms with Crippen LogP contribution in [-0.2, 0) is 19.3 Å². The number of imidazole rings is 1. The molecular formula is C32H39F2N7O4S. The van der Waals surface area contributed by atoms with Crippen molar-refractivity contribution in [2.45, 2.75) is 83.5 Å². The number of rotatable bonds is 8. The highest BCUT2D eigenvalue weighted by Gasteiger charge is 2.31. The van der Waals surface area contributed by atoms with Gasteiger partial charge in [0.15, 0.2) is 21.3 Å². The van der Waals surface area contributed by atoms with Gasteiger partial charge in [-0.15, -0.1) is 0 Å². The van der Waals surface area contributed by atoms with E-state index in [0.717, 1.165) is 43.2 Å². The summed E-state index contributed by atoms with van der Waals surface area (Å²) in [6.45, 7) is 8.97. The maximum atomic E-state index is 14.5. The van der Waals surface area contributed by atoms with Crippen LogP contribution in [0.2, 0.25) is 0 Å². The van der Waals surface area contributed by atoms with Crippen LogP contribution in [0.4, 0.5) is 31.8 Å². The van der Waals surface area contributed by atoms with E-state index in [2.05, 4.69) is 39.4 Å². The first-order valence-corrected chi connectivity index (χ1v) is 17.3. The van der Waals surface area contributed by atoms with Gasteiger partial charge in [-0.1, -0.05) is 19.9 Å². The molecule has 0 radical (unpaired) electrons. The van der Waals surface area contributed by atoms with Gasteiger partial charge in [-0.05, 0) is 69.1 Å². The van der Waals surface area contributed by atoms with Gasteiger partial charge in [0.05, 0.1) is 46.6 Å². The third-order valence-corrected chi connectivity index (χ3v) is 9.70. The monoisotopic (exact) mass is 655 g/mol. The normalized spacial score (nSPS) is 20.3. The van der Waals surface area contributed by atoms with Crippen molar-refractivity contribution in [2.24, 2.45) is 5.41 Å². The fraction of sp³-hybridized carbons (Fsp3) is 0.500. The summed E-state index contributed by atoms with van der Waals surface area (Å²) >= 11 is 0. The molecule has 5 heterocycles. The number of fused-ring (bicyclic) bond motifs is 1. The van der Waals surface area contributed by atoms with E-state index in [1.54, 1.807) is 24.4 Å². The quantitative estimate of drug-likeness (QED) is 0.200. The lowest BCUT2D eigenvalue weighted by molar-refractivity contribution is -0.0499. The number of nitrogens with zero attached hydrogens (tertiary/aromatic N) is 5. The van der Waals surface area contributed by atoms with E-state index in [4.69, 9.17) is 14.5 Å². The second-order valence-electron chi connectivity index (χ2n) is 12.9. The van der Waals surface area contributed by atoms with Crippen LogP contribution in [0.25, 0.3) is 11.2 Å². The molecule has 2 aliphatic rings. The molecule has 6 rings (SSSR count). The lowest BCUT2D eigenvalue weighted by Crippen LogP contribution is -2.27. The first-order chi connectivity index (χ1) is 21.8. The Bertz CT molecular complexity index is 1860. The molecule has 11 nitrogen and oxygen atoms in total. The summed E-state index contributed by atoms with van der Waals surface area (Å²) in [6.07, 6.45) is 2.76. The smallest absolute Gasteiger partial charge is 0.295 e. The first kappa shape index (κ1) is 32.2. The van der Waals surface area contributed by atoms with Crippen molar-refractivity contribution in [3.05, 3.63) is 53.2 Å². The largest absolute Gasteiger partial charge is 0.373 e. The Hall–Kier alpha value is -3.75. The zero-order valence-electron chi connectivity index (χ0n) is 26.6. The average molecular weight is 656 g/mol. The molecular weight excluding hydrogens is 616 g/mol. The van der Waals surface area contributed by atoms with E-state index in [1.165, 1.54) is 4.57 Å². The molecule has 3 aromatic heterocycles. The van der Waals surface area contributed by atoms with Gasteiger partial charge in [0.2, 0.25) is 0 Å². The number of pyridine rings is 1. The number of sulfone groups is 1. The minimum absolute atomic E-state index is 0.0575.